The van der Waals surface area contributed by atoms with Gasteiger partial charge in [0.2, 0.25) is 5.91 Å². The van der Waals surface area contributed by atoms with Gasteiger partial charge in [-0.3, -0.25) is 9.89 Å². The average Bonchev–Trinajstić information content (AvgIpc) is 2.99. The zero-order chi connectivity index (χ0) is 16.7. The number of anilines is 1. The van der Waals surface area contributed by atoms with Gasteiger partial charge in [-0.25, -0.2) is 4.39 Å². The molecular formula is C18H13ClFN3O. The van der Waals surface area contributed by atoms with Crippen molar-refractivity contribution in [3.05, 3.63) is 70.5 Å². The molecule has 120 valence electrons. The highest BCUT2D eigenvalue weighted by Crippen LogP contribution is 2.41. The molecule has 0 fully saturated rings. The summed E-state index contributed by atoms with van der Waals surface area (Å²) in [6.45, 7) is 0. The number of carbonyl (C=O) groups is 1. The monoisotopic (exact) mass is 341 g/mol. The van der Waals surface area contributed by atoms with Gasteiger partial charge in [0.25, 0.3) is 0 Å². The third-order valence-corrected chi connectivity index (χ3v) is 4.46. The number of benzene rings is 2. The second kappa shape index (κ2) is 5.76. The number of hydrogen-bond donors (Lipinski definition) is 2. The molecule has 0 spiro atoms. The van der Waals surface area contributed by atoms with E-state index in [2.05, 4.69) is 15.5 Å². The number of H-pyrrole nitrogens is 1. The van der Waals surface area contributed by atoms with Gasteiger partial charge in [0, 0.05) is 28.5 Å². The first-order valence-electron chi connectivity index (χ1n) is 7.51. The normalized spacial score (nSPS) is 16.6. The number of nitrogens with zero attached hydrogens (tertiary/aromatic N) is 1. The van der Waals surface area contributed by atoms with Crippen molar-refractivity contribution >= 4 is 23.3 Å². The number of amides is 1. The highest BCUT2D eigenvalue weighted by Gasteiger charge is 2.31. The summed E-state index contributed by atoms with van der Waals surface area (Å²) in [5.41, 5.74) is 3.54. The van der Waals surface area contributed by atoms with Crippen LogP contribution in [-0.2, 0) is 4.79 Å². The summed E-state index contributed by atoms with van der Waals surface area (Å²) in [4.78, 5) is 12.0. The van der Waals surface area contributed by atoms with E-state index in [-0.39, 0.29) is 17.6 Å². The first kappa shape index (κ1) is 14.9. The number of halogens is 2. The van der Waals surface area contributed by atoms with Gasteiger partial charge < -0.3 is 5.32 Å². The van der Waals surface area contributed by atoms with Crippen molar-refractivity contribution in [1.82, 2.24) is 10.2 Å². The summed E-state index contributed by atoms with van der Waals surface area (Å²) in [5.74, 6) is -0.0698. The van der Waals surface area contributed by atoms with Crippen LogP contribution in [0.3, 0.4) is 0 Å². The largest absolute Gasteiger partial charge is 0.309 e. The Kier molecular flexibility index (Phi) is 3.58. The van der Waals surface area contributed by atoms with Crippen LogP contribution in [0, 0.1) is 5.82 Å². The number of aromatic nitrogens is 2. The van der Waals surface area contributed by atoms with E-state index in [0.717, 1.165) is 22.4 Å². The van der Waals surface area contributed by atoms with Crippen molar-refractivity contribution in [1.29, 1.82) is 0 Å². The van der Waals surface area contributed by atoms with Gasteiger partial charge in [0.1, 0.15) is 5.82 Å². The zero-order valence-corrected chi connectivity index (χ0v) is 13.3. The molecule has 3 aromatic rings. The van der Waals surface area contributed by atoms with Crippen LogP contribution in [0.5, 0.6) is 0 Å². The second-order valence-corrected chi connectivity index (χ2v) is 6.16. The Morgan fingerprint density at radius 2 is 1.79 bits per heavy atom. The van der Waals surface area contributed by atoms with E-state index in [0.29, 0.717) is 17.3 Å². The lowest BCUT2D eigenvalue weighted by atomic mass is 9.84. The van der Waals surface area contributed by atoms with Gasteiger partial charge in [-0.05, 0) is 29.8 Å². The van der Waals surface area contributed by atoms with Crippen molar-refractivity contribution in [2.24, 2.45) is 0 Å². The number of hydrogen-bond acceptors (Lipinski definition) is 2. The lowest BCUT2D eigenvalue weighted by Gasteiger charge is -2.23. The van der Waals surface area contributed by atoms with Gasteiger partial charge in [-0.2, -0.15) is 5.10 Å². The minimum atomic E-state index is -0.302. The second-order valence-electron chi connectivity index (χ2n) is 5.72. The van der Waals surface area contributed by atoms with Gasteiger partial charge >= 0.3 is 0 Å². The minimum Gasteiger partial charge on any atom is -0.309 e. The fraction of sp³-hybridized carbons (Fsp3) is 0.111. The van der Waals surface area contributed by atoms with Crippen LogP contribution in [0.1, 0.15) is 23.5 Å². The summed E-state index contributed by atoms with van der Waals surface area (Å²) in [6, 6.07) is 13.6. The molecule has 2 heterocycles. The third kappa shape index (κ3) is 2.57. The molecule has 1 amide bonds. The van der Waals surface area contributed by atoms with E-state index in [1.54, 1.807) is 24.3 Å². The molecule has 1 atom stereocenters. The molecule has 6 heteroatoms. The van der Waals surface area contributed by atoms with E-state index in [1.165, 1.54) is 12.1 Å². The Morgan fingerprint density at radius 1 is 1.08 bits per heavy atom. The van der Waals surface area contributed by atoms with E-state index in [4.69, 9.17) is 11.6 Å². The van der Waals surface area contributed by atoms with Crippen molar-refractivity contribution in [2.75, 3.05) is 5.32 Å². The fourth-order valence-electron chi connectivity index (χ4n) is 3.07. The molecule has 4 rings (SSSR count). The Bertz CT molecular complexity index is 903. The summed E-state index contributed by atoms with van der Waals surface area (Å²) in [7, 11) is 0. The predicted octanol–water partition coefficient (Wildman–Crippen LogP) is 4.34. The van der Waals surface area contributed by atoms with Crippen molar-refractivity contribution < 1.29 is 9.18 Å². The van der Waals surface area contributed by atoms with Crippen LogP contribution in [-0.4, -0.2) is 16.1 Å². The Hall–Kier alpha value is -2.66. The van der Waals surface area contributed by atoms with E-state index in [9.17, 15) is 9.18 Å². The molecule has 2 N–H and O–H groups in total. The van der Waals surface area contributed by atoms with Gasteiger partial charge in [0.05, 0.1) is 5.69 Å². The number of carbonyl (C=O) groups excluding carboxylic acids is 1. The highest BCUT2D eigenvalue weighted by atomic mass is 35.5. The molecule has 0 saturated carbocycles. The quantitative estimate of drug-likeness (QED) is 0.728. The van der Waals surface area contributed by atoms with Crippen molar-refractivity contribution in [3.63, 3.8) is 0 Å². The Balaban J connectivity index is 1.85. The van der Waals surface area contributed by atoms with Crippen LogP contribution in [0.2, 0.25) is 5.02 Å². The molecule has 0 aliphatic carbocycles. The maximum atomic E-state index is 13.2. The maximum Gasteiger partial charge on any atom is 0.226 e. The first-order chi connectivity index (χ1) is 11.6. The maximum absolute atomic E-state index is 13.2. The Labute approximate surface area is 142 Å². The number of fused-ring (bicyclic) bond motifs is 1. The molecule has 0 bridgehead atoms. The van der Waals surface area contributed by atoms with Crippen LogP contribution in [0.15, 0.2) is 48.5 Å². The molecule has 2 aromatic carbocycles. The lowest BCUT2D eigenvalue weighted by Crippen LogP contribution is -2.23. The first-order valence-corrected chi connectivity index (χ1v) is 7.89. The smallest absolute Gasteiger partial charge is 0.226 e. The molecule has 0 saturated heterocycles. The van der Waals surface area contributed by atoms with Gasteiger partial charge in [-0.1, -0.05) is 35.9 Å². The molecule has 1 unspecified atom stereocenters. The molecule has 1 aliphatic rings. The van der Waals surface area contributed by atoms with Crippen LogP contribution in [0.4, 0.5) is 10.2 Å². The summed E-state index contributed by atoms with van der Waals surface area (Å²) < 4.78 is 13.2. The van der Waals surface area contributed by atoms with E-state index in [1.807, 2.05) is 12.1 Å². The SMILES string of the molecule is O=C1CC(c2ccc(F)cc2)c2c(n[nH]c2-c2ccc(Cl)cc2)N1. The average molecular weight is 342 g/mol. The molecular weight excluding hydrogens is 329 g/mol. The highest BCUT2D eigenvalue weighted by molar-refractivity contribution is 6.30. The van der Waals surface area contributed by atoms with Crippen molar-refractivity contribution in [2.45, 2.75) is 12.3 Å². The lowest BCUT2D eigenvalue weighted by molar-refractivity contribution is -0.116. The zero-order valence-electron chi connectivity index (χ0n) is 12.5. The predicted molar refractivity (Wildman–Crippen MR) is 90.5 cm³/mol. The molecule has 4 nitrogen and oxygen atoms in total. The summed E-state index contributed by atoms with van der Waals surface area (Å²) >= 11 is 5.96. The number of aromatic amines is 1. The van der Waals surface area contributed by atoms with Crippen molar-refractivity contribution in [3.8, 4) is 11.3 Å². The summed E-state index contributed by atoms with van der Waals surface area (Å²) in [5, 5.41) is 10.7. The van der Waals surface area contributed by atoms with E-state index < -0.39 is 0 Å². The standard InChI is InChI=1S/C18H13ClFN3O/c19-12-5-1-11(2-6-12)17-16-14(10-3-7-13(20)8-4-10)9-15(24)21-18(16)23-22-17/h1-8,14H,9H2,(H2,21,22,23,24). The molecule has 1 aliphatic heterocycles. The molecule has 24 heavy (non-hydrogen) atoms. The van der Waals surface area contributed by atoms with E-state index >= 15 is 0 Å². The molecule has 0 radical (unpaired) electrons. The van der Waals surface area contributed by atoms with Crippen LogP contribution >= 0.6 is 11.6 Å². The fourth-order valence-corrected chi connectivity index (χ4v) is 3.20. The van der Waals surface area contributed by atoms with Gasteiger partial charge in [-0.15, -0.1) is 0 Å². The van der Waals surface area contributed by atoms with Crippen LogP contribution < -0.4 is 5.32 Å². The minimum absolute atomic E-state index is 0.106. The number of rotatable bonds is 2. The molecule has 1 aromatic heterocycles. The number of nitrogens with one attached hydrogen (secondary N) is 2. The third-order valence-electron chi connectivity index (χ3n) is 4.21. The topological polar surface area (TPSA) is 57.8 Å². The summed E-state index contributed by atoms with van der Waals surface area (Å²) in [6.07, 6.45) is 0.290. The van der Waals surface area contributed by atoms with Gasteiger partial charge in [0.15, 0.2) is 5.82 Å². The van der Waals surface area contributed by atoms with Crippen LogP contribution in [0.25, 0.3) is 11.3 Å². The Morgan fingerprint density at radius 3 is 2.50 bits per heavy atom.